The Hall–Kier alpha value is -3.72. The van der Waals surface area contributed by atoms with E-state index in [4.69, 9.17) is 4.74 Å². The summed E-state index contributed by atoms with van der Waals surface area (Å²) in [4.78, 5) is 40.7. The molecule has 2 atom stereocenters. The third kappa shape index (κ3) is 4.26. The molecule has 0 bridgehead atoms. The number of carboxylic acid groups (broad SMARTS) is 1. The van der Waals surface area contributed by atoms with Gasteiger partial charge in [-0.1, -0.05) is 66.3 Å². The van der Waals surface area contributed by atoms with Crippen LogP contribution in [0, 0.1) is 5.92 Å². The summed E-state index contributed by atoms with van der Waals surface area (Å²) in [6.07, 6.45) is 2.66. The zero-order chi connectivity index (χ0) is 23.7. The molecule has 0 aliphatic heterocycles. The highest BCUT2D eigenvalue weighted by atomic mass is 32.1. The van der Waals surface area contributed by atoms with Crippen molar-refractivity contribution in [2.75, 3.05) is 11.9 Å². The second-order valence-electron chi connectivity index (χ2n) is 8.44. The number of aliphatic carboxylic acids is 1. The van der Waals surface area contributed by atoms with Crippen molar-refractivity contribution >= 4 is 34.4 Å². The van der Waals surface area contributed by atoms with Gasteiger partial charge in [-0.15, -0.1) is 0 Å². The van der Waals surface area contributed by atoms with E-state index in [9.17, 15) is 19.5 Å². The summed E-state index contributed by atoms with van der Waals surface area (Å²) in [5.41, 5.74) is 4.54. The first-order valence-corrected chi connectivity index (χ1v) is 11.9. The van der Waals surface area contributed by atoms with Gasteiger partial charge in [0.2, 0.25) is 0 Å². The highest BCUT2D eigenvalue weighted by molar-refractivity contribution is 7.17. The Morgan fingerprint density at radius 1 is 1.03 bits per heavy atom. The molecule has 1 heterocycles. The maximum Gasteiger partial charge on any atom is 0.413 e. The van der Waals surface area contributed by atoms with Gasteiger partial charge in [-0.05, 0) is 35.1 Å². The predicted molar refractivity (Wildman–Crippen MR) is 127 cm³/mol. The van der Waals surface area contributed by atoms with Crippen LogP contribution in [0.25, 0.3) is 11.1 Å². The number of anilines is 1. The van der Waals surface area contributed by atoms with Crippen LogP contribution < -0.4 is 10.6 Å². The Bertz CT molecular complexity index is 1210. The highest BCUT2D eigenvalue weighted by Gasteiger charge is 2.34. The van der Waals surface area contributed by atoms with Crippen LogP contribution in [0.15, 0.2) is 54.7 Å². The van der Waals surface area contributed by atoms with E-state index in [1.165, 1.54) is 6.20 Å². The first-order chi connectivity index (χ1) is 16.5. The number of thiazole rings is 1. The number of ether oxygens (including phenoxy) is 1. The van der Waals surface area contributed by atoms with Crippen LogP contribution in [0.4, 0.5) is 9.93 Å². The van der Waals surface area contributed by atoms with Gasteiger partial charge in [-0.2, -0.15) is 0 Å². The van der Waals surface area contributed by atoms with Crippen molar-refractivity contribution in [3.63, 3.8) is 0 Å². The average molecular weight is 478 g/mol. The topological polar surface area (TPSA) is 118 Å². The summed E-state index contributed by atoms with van der Waals surface area (Å²) in [6.45, 7) is 0.177. The van der Waals surface area contributed by atoms with Gasteiger partial charge in [0.1, 0.15) is 11.5 Å². The van der Waals surface area contributed by atoms with Gasteiger partial charge in [-0.25, -0.2) is 9.78 Å². The molecule has 0 unspecified atom stereocenters. The Kier molecular flexibility index (Phi) is 6.02. The van der Waals surface area contributed by atoms with Crippen LogP contribution in [-0.2, 0) is 9.53 Å². The maximum absolute atomic E-state index is 12.5. The average Bonchev–Trinajstić information content (AvgIpc) is 3.56. The summed E-state index contributed by atoms with van der Waals surface area (Å²) in [5, 5.41) is 14.9. The summed E-state index contributed by atoms with van der Waals surface area (Å²) in [5.74, 6) is -1.92. The Balaban J connectivity index is 1.19. The first-order valence-electron chi connectivity index (χ1n) is 11.1. The van der Waals surface area contributed by atoms with Crippen LogP contribution in [0.5, 0.6) is 0 Å². The lowest BCUT2D eigenvalue weighted by Crippen LogP contribution is -2.39. The molecule has 2 amide bonds. The van der Waals surface area contributed by atoms with Gasteiger partial charge in [0.15, 0.2) is 5.13 Å². The number of nitrogens with one attached hydrogen (secondary N) is 2. The first kappa shape index (κ1) is 22.1. The molecule has 5 rings (SSSR count). The smallest absolute Gasteiger partial charge is 0.413 e. The van der Waals surface area contributed by atoms with Gasteiger partial charge in [0.05, 0.1) is 12.1 Å². The number of aromatic nitrogens is 1. The largest absolute Gasteiger partial charge is 0.481 e. The Morgan fingerprint density at radius 2 is 1.71 bits per heavy atom. The molecule has 3 N–H and O–H groups in total. The molecule has 2 aliphatic carbocycles. The number of carbonyl (C=O) groups is 3. The van der Waals surface area contributed by atoms with Crippen molar-refractivity contribution in [3.8, 4) is 11.1 Å². The van der Waals surface area contributed by atoms with E-state index in [0.717, 1.165) is 40.0 Å². The molecule has 8 nitrogen and oxygen atoms in total. The Labute approximate surface area is 200 Å². The molecule has 0 radical (unpaired) electrons. The van der Waals surface area contributed by atoms with Gasteiger partial charge in [0.25, 0.3) is 5.91 Å². The zero-order valence-electron chi connectivity index (χ0n) is 18.2. The molecule has 2 aliphatic rings. The predicted octanol–water partition coefficient (Wildman–Crippen LogP) is 4.49. The van der Waals surface area contributed by atoms with Crippen LogP contribution in [0.1, 0.15) is 46.0 Å². The summed E-state index contributed by atoms with van der Waals surface area (Å²) < 4.78 is 5.51. The van der Waals surface area contributed by atoms with E-state index in [2.05, 4.69) is 27.8 Å². The van der Waals surface area contributed by atoms with Gasteiger partial charge in [-0.3, -0.25) is 14.9 Å². The number of carboxylic acids is 1. The minimum Gasteiger partial charge on any atom is -0.481 e. The van der Waals surface area contributed by atoms with Crippen molar-refractivity contribution in [2.24, 2.45) is 5.92 Å². The molecule has 34 heavy (non-hydrogen) atoms. The number of nitrogens with zero attached hydrogens (tertiary/aromatic N) is 1. The van der Waals surface area contributed by atoms with Crippen LogP contribution in [0.3, 0.4) is 0 Å². The fraction of sp³-hybridized carbons (Fsp3) is 0.280. The molecule has 2 aromatic carbocycles. The summed E-state index contributed by atoms with van der Waals surface area (Å²) in [6, 6.07) is 15.8. The molecule has 9 heteroatoms. The fourth-order valence-electron chi connectivity index (χ4n) is 4.83. The zero-order valence-corrected chi connectivity index (χ0v) is 19.0. The minimum atomic E-state index is -0.898. The standard InChI is InChI=1S/C25H23N3O5S/c29-22(27-20-11-5-10-18(20)23(30)31)21-12-26-24(34-21)28-25(32)33-13-19-16-8-3-1-6-14(16)15-7-2-4-9-17(15)19/h1-4,6-9,12,18-20H,5,10-11,13H2,(H,27,29)(H,30,31)(H,26,28,32)/t18-,20+/m1/s1. The SMILES string of the molecule is O=C(Nc1ncc(C(=O)N[C@H]2CCC[C@H]2C(=O)O)s1)OCC1c2ccccc2-c2ccccc21. The molecule has 0 spiro atoms. The lowest BCUT2D eigenvalue weighted by molar-refractivity contribution is -0.142. The third-order valence-electron chi connectivity index (χ3n) is 6.43. The van der Waals surface area contributed by atoms with Crippen molar-refractivity contribution in [1.82, 2.24) is 10.3 Å². The maximum atomic E-state index is 12.5. The second-order valence-corrected chi connectivity index (χ2v) is 9.47. The molecule has 3 aromatic rings. The lowest BCUT2D eigenvalue weighted by atomic mass is 9.98. The molecular weight excluding hydrogens is 454 g/mol. The lowest BCUT2D eigenvalue weighted by Gasteiger charge is -2.16. The fourth-order valence-corrected chi connectivity index (χ4v) is 5.53. The van der Waals surface area contributed by atoms with Crippen molar-refractivity contribution < 1.29 is 24.2 Å². The number of amides is 2. The number of benzene rings is 2. The van der Waals surface area contributed by atoms with E-state index >= 15 is 0 Å². The summed E-state index contributed by atoms with van der Waals surface area (Å²) in [7, 11) is 0. The quantitative estimate of drug-likeness (QED) is 0.482. The number of fused-ring (bicyclic) bond motifs is 3. The molecule has 1 aromatic heterocycles. The van der Waals surface area contributed by atoms with E-state index < -0.39 is 29.9 Å². The molecular formula is C25H23N3O5S. The molecule has 1 fully saturated rings. The second kappa shape index (κ2) is 9.26. The Morgan fingerprint density at radius 3 is 2.38 bits per heavy atom. The number of hydrogen-bond donors (Lipinski definition) is 3. The van der Waals surface area contributed by atoms with E-state index in [-0.39, 0.29) is 17.7 Å². The van der Waals surface area contributed by atoms with Crippen molar-refractivity contribution in [2.45, 2.75) is 31.2 Å². The normalized spacial score (nSPS) is 18.7. The van der Waals surface area contributed by atoms with Gasteiger partial charge < -0.3 is 15.2 Å². The highest BCUT2D eigenvalue weighted by Crippen LogP contribution is 2.44. The third-order valence-corrected chi connectivity index (χ3v) is 7.34. The number of hydrogen-bond acceptors (Lipinski definition) is 6. The van der Waals surface area contributed by atoms with Crippen LogP contribution in [-0.4, -0.2) is 40.7 Å². The molecule has 1 saturated carbocycles. The van der Waals surface area contributed by atoms with Crippen molar-refractivity contribution in [3.05, 3.63) is 70.7 Å². The monoisotopic (exact) mass is 477 g/mol. The minimum absolute atomic E-state index is 0.0515. The number of carbonyl (C=O) groups excluding carboxylic acids is 2. The van der Waals surface area contributed by atoms with Crippen LogP contribution in [0.2, 0.25) is 0 Å². The van der Waals surface area contributed by atoms with Gasteiger partial charge >= 0.3 is 12.1 Å². The van der Waals surface area contributed by atoms with Gasteiger partial charge in [0, 0.05) is 12.0 Å². The van der Waals surface area contributed by atoms with E-state index in [0.29, 0.717) is 17.7 Å². The van der Waals surface area contributed by atoms with E-state index in [1.807, 2.05) is 36.4 Å². The number of rotatable bonds is 6. The molecule has 174 valence electrons. The van der Waals surface area contributed by atoms with Crippen LogP contribution >= 0.6 is 11.3 Å². The van der Waals surface area contributed by atoms with Crippen molar-refractivity contribution in [1.29, 1.82) is 0 Å². The summed E-state index contributed by atoms with van der Waals surface area (Å²) >= 11 is 1.02. The van der Waals surface area contributed by atoms with E-state index in [1.54, 1.807) is 0 Å². The molecule has 0 saturated heterocycles.